The van der Waals surface area contributed by atoms with Crippen LogP contribution in [0.25, 0.3) is 17.2 Å². The van der Waals surface area contributed by atoms with Crippen LogP contribution in [0.3, 0.4) is 0 Å². The van der Waals surface area contributed by atoms with Crippen molar-refractivity contribution in [2.24, 2.45) is 0 Å². The summed E-state index contributed by atoms with van der Waals surface area (Å²) in [7, 11) is 1.58. The minimum Gasteiger partial charge on any atom is -0.495 e. The molecule has 1 aromatic heterocycles. The van der Waals surface area contributed by atoms with Crippen molar-refractivity contribution in [1.82, 2.24) is 4.57 Å². The maximum atomic E-state index is 12.7. The van der Waals surface area contributed by atoms with E-state index in [1.807, 2.05) is 70.9 Å². The number of rotatable bonds is 5. The number of nitrogens with zero attached hydrogens (tertiary/aromatic N) is 2. The van der Waals surface area contributed by atoms with Gasteiger partial charge in [0.25, 0.3) is 5.91 Å². The third-order valence-corrected chi connectivity index (χ3v) is 4.05. The normalized spacial score (nSPS) is 11.9. The molecule has 0 bridgehead atoms. The number of benzene rings is 2. The van der Waals surface area contributed by atoms with Gasteiger partial charge in [-0.3, -0.25) is 4.79 Å². The van der Waals surface area contributed by atoms with Crippen LogP contribution in [0.1, 0.15) is 13.0 Å². The van der Waals surface area contributed by atoms with E-state index in [1.54, 1.807) is 13.3 Å². The monoisotopic (exact) mass is 322 g/mol. The lowest BCUT2D eigenvalue weighted by molar-refractivity contribution is -0.680. The molecule has 0 spiro atoms. The Morgan fingerprint density at radius 3 is 2.71 bits per heavy atom. The van der Waals surface area contributed by atoms with Crippen LogP contribution in [-0.2, 0) is 4.79 Å². The molecule has 1 amide bonds. The number of aromatic nitrogens is 2. The Hall–Kier alpha value is -3.08. The third-order valence-electron chi connectivity index (χ3n) is 4.05. The highest BCUT2D eigenvalue weighted by atomic mass is 16.5. The van der Waals surface area contributed by atoms with E-state index in [2.05, 4.69) is 11.9 Å². The molecule has 24 heavy (non-hydrogen) atoms. The van der Waals surface area contributed by atoms with Gasteiger partial charge in [0.15, 0.2) is 17.1 Å². The number of carbonyl (C=O) groups excluding carboxylic acids is 1. The number of hydrogen-bond donors (Lipinski definition) is 1. The Morgan fingerprint density at radius 1 is 1.25 bits per heavy atom. The molecule has 1 N–H and O–H groups in total. The maximum absolute atomic E-state index is 12.7. The first kappa shape index (κ1) is 15.8. The van der Waals surface area contributed by atoms with E-state index in [0.717, 1.165) is 11.0 Å². The Bertz CT molecular complexity index is 899. The molecule has 0 aliphatic rings. The van der Waals surface area contributed by atoms with Gasteiger partial charge in [-0.2, -0.15) is 0 Å². The SMILES string of the molecule is C=Cn1c[n+]([C@@H](C)C(=O)Nc2ccccc2OC)c2ccccc21. The highest BCUT2D eigenvalue weighted by molar-refractivity contribution is 5.94. The van der Waals surface area contributed by atoms with Crippen molar-refractivity contribution in [3.63, 3.8) is 0 Å². The van der Waals surface area contributed by atoms with Gasteiger partial charge in [0.1, 0.15) is 5.75 Å². The van der Waals surface area contributed by atoms with Crippen molar-refractivity contribution in [1.29, 1.82) is 0 Å². The number of fused-ring (bicyclic) bond motifs is 1. The van der Waals surface area contributed by atoms with Gasteiger partial charge in [-0.1, -0.05) is 30.8 Å². The van der Waals surface area contributed by atoms with Gasteiger partial charge in [-0.05, 0) is 31.2 Å². The van der Waals surface area contributed by atoms with Crippen molar-refractivity contribution in [3.05, 3.63) is 61.4 Å². The van der Waals surface area contributed by atoms with Crippen molar-refractivity contribution < 1.29 is 14.1 Å². The third kappa shape index (κ3) is 2.76. The van der Waals surface area contributed by atoms with E-state index in [4.69, 9.17) is 4.74 Å². The number of anilines is 1. The second-order valence-electron chi connectivity index (χ2n) is 5.47. The Balaban J connectivity index is 1.93. The summed E-state index contributed by atoms with van der Waals surface area (Å²) < 4.78 is 9.12. The van der Waals surface area contributed by atoms with Gasteiger partial charge in [0, 0.05) is 0 Å². The smallest absolute Gasteiger partial charge is 0.269 e. The van der Waals surface area contributed by atoms with E-state index in [0.29, 0.717) is 11.4 Å². The fourth-order valence-corrected chi connectivity index (χ4v) is 2.72. The van der Waals surface area contributed by atoms with Crippen LogP contribution in [0.4, 0.5) is 5.69 Å². The molecule has 0 saturated heterocycles. The first-order valence-corrected chi connectivity index (χ1v) is 7.73. The molecule has 0 radical (unpaired) electrons. The zero-order valence-electron chi connectivity index (χ0n) is 13.8. The number of para-hydroxylation sites is 4. The van der Waals surface area contributed by atoms with E-state index < -0.39 is 0 Å². The van der Waals surface area contributed by atoms with Crippen LogP contribution >= 0.6 is 0 Å². The highest BCUT2D eigenvalue weighted by Crippen LogP contribution is 2.24. The van der Waals surface area contributed by atoms with Crippen molar-refractivity contribution in [2.75, 3.05) is 12.4 Å². The molecule has 0 fully saturated rings. The summed E-state index contributed by atoms with van der Waals surface area (Å²) in [5, 5.41) is 2.93. The van der Waals surface area contributed by atoms with Crippen LogP contribution in [0.2, 0.25) is 0 Å². The average Bonchev–Trinajstić information content (AvgIpc) is 3.00. The van der Waals surface area contributed by atoms with E-state index >= 15 is 0 Å². The molecule has 1 heterocycles. The number of imidazole rings is 1. The quantitative estimate of drug-likeness (QED) is 0.733. The van der Waals surface area contributed by atoms with Gasteiger partial charge < -0.3 is 10.1 Å². The summed E-state index contributed by atoms with van der Waals surface area (Å²) in [6, 6.07) is 14.9. The number of methoxy groups -OCH3 is 1. The number of carbonyl (C=O) groups is 1. The van der Waals surface area contributed by atoms with Crippen LogP contribution in [-0.4, -0.2) is 17.6 Å². The summed E-state index contributed by atoms with van der Waals surface area (Å²) in [4.78, 5) is 12.7. The van der Waals surface area contributed by atoms with Gasteiger partial charge in [-0.25, -0.2) is 9.13 Å². The summed E-state index contributed by atoms with van der Waals surface area (Å²) in [6.07, 6.45) is 3.60. The summed E-state index contributed by atoms with van der Waals surface area (Å²) in [5.41, 5.74) is 2.63. The molecule has 2 aromatic carbocycles. The van der Waals surface area contributed by atoms with Crippen molar-refractivity contribution in [3.8, 4) is 5.75 Å². The molecule has 3 rings (SSSR count). The zero-order chi connectivity index (χ0) is 17.1. The zero-order valence-corrected chi connectivity index (χ0v) is 13.8. The number of nitrogens with one attached hydrogen (secondary N) is 1. The molecule has 3 aromatic rings. The number of hydrogen-bond acceptors (Lipinski definition) is 2. The Labute approximate surface area is 140 Å². The molecule has 5 nitrogen and oxygen atoms in total. The van der Waals surface area contributed by atoms with Gasteiger partial charge in [0.2, 0.25) is 6.33 Å². The lowest BCUT2D eigenvalue weighted by Gasteiger charge is -2.12. The molecule has 0 unspecified atom stereocenters. The predicted octanol–water partition coefficient (Wildman–Crippen LogP) is 3.24. The van der Waals surface area contributed by atoms with Crippen molar-refractivity contribution >= 4 is 28.8 Å². The largest absolute Gasteiger partial charge is 0.495 e. The van der Waals surface area contributed by atoms with Crippen LogP contribution < -0.4 is 14.6 Å². The molecule has 1 atom stereocenters. The maximum Gasteiger partial charge on any atom is 0.269 e. The first-order valence-electron chi connectivity index (χ1n) is 7.73. The molecule has 122 valence electrons. The van der Waals surface area contributed by atoms with Crippen molar-refractivity contribution in [2.45, 2.75) is 13.0 Å². The Kier molecular flexibility index (Phi) is 4.33. The molecular formula is C19H20N3O2+. The second-order valence-corrected chi connectivity index (χ2v) is 5.47. The molecule has 0 aliphatic heterocycles. The minimum absolute atomic E-state index is 0.114. The lowest BCUT2D eigenvalue weighted by Crippen LogP contribution is -2.43. The number of ether oxygens (including phenoxy) is 1. The molecular weight excluding hydrogens is 302 g/mol. The lowest BCUT2D eigenvalue weighted by atomic mass is 10.2. The average molecular weight is 322 g/mol. The van der Waals surface area contributed by atoms with Crippen LogP contribution in [0.15, 0.2) is 61.4 Å². The topological polar surface area (TPSA) is 47.1 Å². The summed E-state index contributed by atoms with van der Waals surface area (Å²) in [6.45, 7) is 5.69. The fourth-order valence-electron chi connectivity index (χ4n) is 2.72. The fraction of sp³-hybridized carbons (Fsp3) is 0.158. The van der Waals surface area contributed by atoms with Gasteiger partial charge in [-0.15, -0.1) is 0 Å². The van der Waals surface area contributed by atoms with Crippen LogP contribution in [0, 0.1) is 0 Å². The van der Waals surface area contributed by atoms with E-state index in [-0.39, 0.29) is 11.9 Å². The van der Waals surface area contributed by atoms with Crippen LogP contribution in [0.5, 0.6) is 5.75 Å². The molecule has 5 heteroatoms. The summed E-state index contributed by atoms with van der Waals surface area (Å²) >= 11 is 0. The minimum atomic E-state index is -0.388. The molecule has 0 aliphatic carbocycles. The first-order chi connectivity index (χ1) is 11.7. The standard InChI is InChI=1S/C19H19N3O2/c1-4-21-13-22(17-11-7-6-10-16(17)21)14(2)19(23)20-15-9-5-8-12-18(15)24-3/h4-14H,1H2,2-3H3/p+1/t14-/m0/s1. The highest BCUT2D eigenvalue weighted by Gasteiger charge is 2.25. The predicted molar refractivity (Wildman–Crippen MR) is 94.9 cm³/mol. The summed E-state index contributed by atoms with van der Waals surface area (Å²) in [5.74, 6) is 0.521. The number of amides is 1. The van der Waals surface area contributed by atoms with Gasteiger partial charge >= 0.3 is 0 Å². The Morgan fingerprint density at radius 2 is 1.96 bits per heavy atom. The second kappa shape index (κ2) is 6.58. The van der Waals surface area contributed by atoms with E-state index in [9.17, 15) is 4.79 Å². The molecule has 0 saturated carbocycles. The van der Waals surface area contributed by atoms with E-state index in [1.165, 1.54) is 0 Å². The van der Waals surface area contributed by atoms with Gasteiger partial charge in [0.05, 0.1) is 19.0 Å².